The Morgan fingerprint density at radius 3 is 2.74 bits per heavy atom. The highest BCUT2D eigenvalue weighted by Crippen LogP contribution is 2.45. The van der Waals surface area contributed by atoms with Gasteiger partial charge in [0.25, 0.3) is 5.91 Å². The molecule has 1 aliphatic carbocycles. The summed E-state index contributed by atoms with van der Waals surface area (Å²) < 4.78 is 5.05. The van der Waals surface area contributed by atoms with Crippen LogP contribution in [0.3, 0.4) is 0 Å². The highest BCUT2D eigenvalue weighted by Gasteiger charge is 2.33. The second-order valence-electron chi connectivity index (χ2n) is 8.98. The first-order chi connectivity index (χ1) is 16.9. The van der Waals surface area contributed by atoms with Crippen molar-refractivity contribution in [2.45, 2.75) is 38.1 Å². The predicted octanol–water partition coefficient (Wildman–Crippen LogP) is 3.14. The molecule has 8 heteroatoms. The van der Waals surface area contributed by atoms with Crippen molar-refractivity contribution in [3.05, 3.63) is 41.6 Å². The Labute approximate surface area is 205 Å². The van der Waals surface area contributed by atoms with Crippen molar-refractivity contribution in [1.29, 1.82) is 5.26 Å². The second-order valence-corrected chi connectivity index (χ2v) is 8.98. The molecule has 2 aromatic rings. The minimum atomic E-state index is -0.510. The molecule has 0 unspecified atom stereocenters. The van der Waals surface area contributed by atoms with Gasteiger partial charge in [-0.25, -0.2) is 4.98 Å². The maximum Gasteiger partial charge on any atom is 0.300 e. The molecule has 2 amide bonds. The first-order valence-electron chi connectivity index (χ1n) is 11.8. The minimum Gasteiger partial charge on any atom is -0.384 e. The molecule has 1 saturated carbocycles. The number of nitrogens with zero attached hydrogens (tertiary/aromatic N) is 4. The monoisotopic (exact) mass is 471 g/mol. The van der Waals surface area contributed by atoms with Gasteiger partial charge in [0.15, 0.2) is 0 Å². The van der Waals surface area contributed by atoms with Gasteiger partial charge in [-0.05, 0) is 49.4 Å². The van der Waals surface area contributed by atoms with Gasteiger partial charge in [0.05, 0.1) is 24.3 Å². The highest BCUT2D eigenvalue weighted by molar-refractivity contribution is 6.03. The summed E-state index contributed by atoms with van der Waals surface area (Å²) in [6.45, 7) is 4.23. The van der Waals surface area contributed by atoms with Crippen LogP contribution < -0.4 is 10.2 Å². The lowest BCUT2D eigenvalue weighted by atomic mass is 9.98. The molecule has 4 rings (SSSR count). The first kappa shape index (κ1) is 24.3. The Morgan fingerprint density at radius 2 is 2.09 bits per heavy atom. The van der Waals surface area contributed by atoms with Gasteiger partial charge in [-0.15, -0.1) is 6.42 Å². The highest BCUT2D eigenvalue weighted by atomic mass is 16.5. The molecule has 1 atom stereocenters. The van der Waals surface area contributed by atoms with Crippen molar-refractivity contribution >= 4 is 23.3 Å². The summed E-state index contributed by atoms with van der Waals surface area (Å²) in [5.41, 5.74) is 3.82. The lowest BCUT2D eigenvalue weighted by Crippen LogP contribution is -2.54. The summed E-state index contributed by atoms with van der Waals surface area (Å²) in [4.78, 5) is 33.2. The van der Waals surface area contributed by atoms with E-state index >= 15 is 0 Å². The maximum absolute atomic E-state index is 12.5. The molecular weight excluding hydrogens is 442 g/mol. The fraction of sp³-hybridized carbons (Fsp3) is 0.407. The van der Waals surface area contributed by atoms with E-state index in [1.165, 1.54) is 0 Å². The van der Waals surface area contributed by atoms with E-state index in [4.69, 9.17) is 16.1 Å². The summed E-state index contributed by atoms with van der Waals surface area (Å²) in [6.07, 6.45) is 7.65. The van der Waals surface area contributed by atoms with Crippen molar-refractivity contribution in [3.8, 4) is 29.5 Å². The fourth-order valence-corrected chi connectivity index (χ4v) is 4.53. The Kier molecular flexibility index (Phi) is 7.33. The van der Waals surface area contributed by atoms with Gasteiger partial charge in [0.2, 0.25) is 5.91 Å². The normalized spacial score (nSPS) is 17.4. The van der Waals surface area contributed by atoms with Crippen LogP contribution >= 0.6 is 0 Å². The Hall–Kier alpha value is -3.88. The van der Waals surface area contributed by atoms with Gasteiger partial charge in [-0.2, -0.15) is 5.26 Å². The van der Waals surface area contributed by atoms with Crippen molar-refractivity contribution < 1.29 is 14.3 Å². The molecule has 1 aromatic carbocycles. The number of pyridine rings is 1. The van der Waals surface area contributed by atoms with Gasteiger partial charge in [0, 0.05) is 50.0 Å². The van der Waals surface area contributed by atoms with E-state index in [1.807, 2.05) is 36.1 Å². The third-order valence-electron chi connectivity index (χ3n) is 6.45. The number of benzene rings is 1. The second kappa shape index (κ2) is 10.6. The van der Waals surface area contributed by atoms with Crippen LogP contribution in [-0.4, -0.2) is 61.1 Å². The van der Waals surface area contributed by atoms with Crippen molar-refractivity contribution in [3.63, 3.8) is 0 Å². The number of aromatic nitrogens is 1. The van der Waals surface area contributed by atoms with E-state index in [1.54, 1.807) is 13.2 Å². The first-order valence-corrected chi connectivity index (χ1v) is 11.8. The van der Waals surface area contributed by atoms with Gasteiger partial charge in [-0.1, -0.05) is 12.1 Å². The largest absolute Gasteiger partial charge is 0.384 e. The molecule has 0 bridgehead atoms. The maximum atomic E-state index is 12.5. The Balaban J connectivity index is 1.63. The van der Waals surface area contributed by atoms with Gasteiger partial charge < -0.3 is 19.9 Å². The number of methoxy groups -OCH3 is 1. The Bertz CT molecular complexity index is 1210. The van der Waals surface area contributed by atoms with Crippen LogP contribution in [0.4, 0.5) is 11.5 Å². The number of anilines is 2. The number of carbonyl (C=O) groups is 2. The number of hydrogen-bond acceptors (Lipinski definition) is 6. The number of amides is 2. The van der Waals surface area contributed by atoms with E-state index in [0.717, 1.165) is 29.7 Å². The SMILES string of the molecule is C#CC(=O)Nc1cccc(-c2cc(C#N)c(N3CCN(C(=O)CCOC)[C@H](C)C3)nc2C2CC2)c1. The van der Waals surface area contributed by atoms with E-state index in [-0.39, 0.29) is 11.9 Å². The summed E-state index contributed by atoms with van der Waals surface area (Å²) in [6, 6.07) is 11.6. The van der Waals surface area contributed by atoms with Gasteiger partial charge >= 0.3 is 0 Å². The molecule has 2 fully saturated rings. The molecule has 1 N–H and O–H groups in total. The van der Waals surface area contributed by atoms with Crippen LogP contribution in [0.25, 0.3) is 11.1 Å². The third-order valence-corrected chi connectivity index (χ3v) is 6.45. The Morgan fingerprint density at radius 1 is 1.29 bits per heavy atom. The molecule has 0 radical (unpaired) electrons. The molecule has 35 heavy (non-hydrogen) atoms. The molecule has 0 spiro atoms. The van der Waals surface area contributed by atoms with Gasteiger partial charge in [0.1, 0.15) is 11.9 Å². The summed E-state index contributed by atoms with van der Waals surface area (Å²) in [5, 5.41) is 12.7. The smallest absolute Gasteiger partial charge is 0.300 e. The van der Waals surface area contributed by atoms with Crippen LogP contribution in [-0.2, 0) is 14.3 Å². The number of piperazine rings is 1. The van der Waals surface area contributed by atoms with E-state index in [2.05, 4.69) is 22.2 Å². The molecule has 8 nitrogen and oxygen atoms in total. The molecule has 1 saturated heterocycles. The number of nitriles is 1. The number of rotatable bonds is 7. The molecule has 180 valence electrons. The van der Waals surface area contributed by atoms with Crippen molar-refractivity contribution in [2.75, 3.05) is 43.6 Å². The molecule has 1 aliphatic heterocycles. The zero-order valence-electron chi connectivity index (χ0n) is 20.1. The zero-order valence-corrected chi connectivity index (χ0v) is 20.1. The van der Waals surface area contributed by atoms with Crippen LogP contribution in [0.15, 0.2) is 30.3 Å². The van der Waals surface area contributed by atoms with Crippen LogP contribution in [0.5, 0.6) is 0 Å². The third kappa shape index (κ3) is 5.45. The number of terminal acetylenes is 1. The number of ether oxygens (including phenoxy) is 1. The lowest BCUT2D eigenvalue weighted by molar-refractivity contribution is -0.134. The average Bonchev–Trinajstić information content (AvgIpc) is 3.72. The van der Waals surface area contributed by atoms with Crippen molar-refractivity contribution in [1.82, 2.24) is 9.88 Å². The van der Waals surface area contributed by atoms with E-state index in [9.17, 15) is 14.9 Å². The molecule has 2 aliphatic rings. The topological polar surface area (TPSA) is 98.6 Å². The van der Waals surface area contributed by atoms with Gasteiger partial charge in [-0.3, -0.25) is 9.59 Å². The molecular formula is C27H29N5O3. The quantitative estimate of drug-likeness (QED) is 0.623. The summed E-state index contributed by atoms with van der Waals surface area (Å²) in [7, 11) is 1.59. The van der Waals surface area contributed by atoms with E-state index in [0.29, 0.717) is 55.6 Å². The zero-order chi connectivity index (χ0) is 24.9. The summed E-state index contributed by atoms with van der Waals surface area (Å²) >= 11 is 0. The standard InChI is InChI=1S/C27H29N5O3/c1-4-24(33)29-22-7-5-6-20(14-22)23-15-21(16-28)27(30-26(23)19-8-9-19)31-11-12-32(18(2)17-31)25(34)10-13-35-3/h1,5-7,14-15,18-19H,8-13,17H2,2-3H3,(H,29,33)/t18-/m1/s1. The fourth-order valence-electron chi connectivity index (χ4n) is 4.53. The molecule has 1 aromatic heterocycles. The predicted molar refractivity (Wildman–Crippen MR) is 134 cm³/mol. The summed E-state index contributed by atoms with van der Waals surface area (Å²) in [5.74, 6) is 2.64. The number of nitrogens with one attached hydrogen (secondary N) is 1. The van der Waals surface area contributed by atoms with E-state index < -0.39 is 5.91 Å². The van der Waals surface area contributed by atoms with Crippen LogP contribution in [0.2, 0.25) is 0 Å². The minimum absolute atomic E-state index is 0.00180. The number of carbonyl (C=O) groups excluding carboxylic acids is 2. The lowest BCUT2D eigenvalue weighted by Gasteiger charge is -2.41. The molecule has 2 heterocycles. The average molecular weight is 472 g/mol. The number of hydrogen-bond donors (Lipinski definition) is 1. The van der Waals surface area contributed by atoms with Crippen molar-refractivity contribution in [2.24, 2.45) is 0 Å². The van der Waals surface area contributed by atoms with Crippen LogP contribution in [0.1, 0.15) is 43.4 Å². The van der Waals surface area contributed by atoms with Crippen LogP contribution in [0, 0.1) is 23.7 Å².